The number of thiazole rings is 1. The maximum absolute atomic E-state index is 13.9. The van der Waals surface area contributed by atoms with E-state index < -0.39 is 0 Å². The summed E-state index contributed by atoms with van der Waals surface area (Å²) in [7, 11) is 0. The highest BCUT2D eigenvalue weighted by Gasteiger charge is 2.24. The van der Waals surface area contributed by atoms with E-state index in [1.165, 1.54) is 17.4 Å². The summed E-state index contributed by atoms with van der Waals surface area (Å²) in [6, 6.07) is 8.64. The first-order valence-corrected chi connectivity index (χ1v) is 9.37. The van der Waals surface area contributed by atoms with Gasteiger partial charge in [0, 0.05) is 17.8 Å². The van der Waals surface area contributed by atoms with Crippen molar-refractivity contribution >= 4 is 28.0 Å². The summed E-state index contributed by atoms with van der Waals surface area (Å²) >= 11 is 1.52. The molecule has 0 atom stereocenters. The second-order valence-electron chi connectivity index (χ2n) is 6.40. The molecule has 136 valence electrons. The van der Waals surface area contributed by atoms with Crippen molar-refractivity contribution in [2.24, 2.45) is 0 Å². The van der Waals surface area contributed by atoms with Crippen LogP contribution in [0.5, 0.6) is 0 Å². The minimum absolute atomic E-state index is 0.300. The quantitative estimate of drug-likeness (QED) is 0.743. The van der Waals surface area contributed by atoms with Crippen LogP contribution in [0.1, 0.15) is 27.4 Å². The Morgan fingerprint density at radius 2 is 2.04 bits per heavy atom. The van der Waals surface area contributed by atoms with Crippen molar-refractivity contribution in [3.63, 3.8) is 0 Å². The summed E-state index contributed by atoms with van der Waals surface area (Å²) < 4.78 is 13.9. The van der Waals surface area contributed by atoms with Gasteiger partial charge in [-0.3, -0.25) is 0 Å². The molecule has 0 amide bonds. The van der Waals surface area contributed by atoms with Crippen molar-refractivity contribution in [2.75, 3.05) is 16.8 Å². The van der Waals surface area contributed by atoms with E-state index in [9.17, 15) is 4.39 Å². The predicted molar refractivity (Wildman–Crippen MR) is 103 cm³/mol. The molecule has 27 heavy (non-hydrogen) atoms. The van der Waals surface area contributed by atoms with Crippen LogP contribution in [0.4, 0.5) is 21.0 Å². The van der Waals surface area contributed by atoms with Gasteiger partial charge in [-0.05, 0) is 37.1 Å². The zero-order chi connectivity index (χ0) is 19.0. The van der Waals surface area contributed by atoms with Crippen LogP contribution in [0.2, 0.25) is 0 Å². The van der Waals surface area contributed by atoms with Crippen molar-refractivity contribution in [3.8, 4) is 6.07 Å². The van der Waals surface area contributed by atoms with E-state index in [4.69, 9.17) is 5.26 Å². The van der Waals surface area contributed by atoms with Crippen molar-refractivity contribution in [3.05, 3.63) is 57.5 Å². The number of nitriles is 1. The zero-order valence-electron chi connectivity index (χ0n) is 15.0. The minimum atomic E-state index is -0.300. The molecule has 0 aliphatic carbocycles. The van der Waals surface area contributed by atoms with E-state index in [1.807, 2.05) is 13.8 Å². The fourth-order valence-electron chi connectivity index (χ4n) is 3.11. The summed E-state index contributed by atoms with van der Waals surface area (Å²) in [4.78, 5) is 7.90. The molecule has 0 fully saturated rings. The van der Waals surface area contributed by atoms with E-state index in [-0.39, 0.29) is 5.82 Å². The minimum Gasteiger partial charge on any atom is -0.349 e. The van der Waals surface area contributed by atoms with E-state index in [1.54, 1.807) is 18.2 Å². The first kappa shape index (κ1) is 17.4. The molecule has 4 rings (SSSR count). The number of nitrogens with one attached hydrogen (secondary N) is 1. The molecule has 1 aliphatic rings. The Balaban J connectivity index is 1.58. The number of rotatable bonds is 3. The second-order valence-corrected chi connectivity index (χ2v) is 7.48. The van der Waals surface area contributed by atoms with E-state index in [0.717, 1.165) is 40.5 Å². The molecular weight excluding hydrogens is 363 g/mol. The summed E-state index contributed by atoms with van der Waals surface area (Å²) in [6.45, 7) is 5.31. The monoisotopic (exact) mass is 380 g/mol. The van der Waals surface area contributed by atoms with E-state index >= 15 is 0 Å². The van der Waals surface area contributed by atoms with Crippen LogP contribution in [0.25, 0.3) is 0 Å². The number of aromatic nitrogens is 3. The number of para-hydroxylation sites is 1. The van der Waals surface area contributed by atoms with Crippen LogP contribution in [-0.4, -0.2) is 21.7 Å². The van der Waals surface area contributed by atoms with Crippen LogP contribution in [0, 0.1) is 31.0 Å². The van der Waals surface area contributed by atoms with Gasteiger partial charge in [0.05, 0.1) is 17.9 Å². The van der Waals surface area contributed by atoms with Crippen LogP contribution in [0.3, 0.4) is 0 Å². The lowest BCUT2D eigenvalue weighted by molar-refractivity contribution is 0.632. The Hall–Kier alpha value is -3.05. The normalized spacial score (nSPS) is 13.2. The highest BCUT2D eigenvalue weighted by molar-refractivity contribution is 7.15. The lowest BCUT2D eigenvalue weighted by atomic mass is 10.1. The van der Waals surface area contributed by atoms with Gasteiger partial charge in [-0.2, -0.15) is 5.26 Å². The Morgan fingerprint density at radius 1 is 1.22 bits per heavy atom. The van der Waals surface area contributed by atoms with Gasteiger partial charge in [-0.15, -0.1) is 10.2 Å². The molecule has 2 aromatic heterocycles. The van der Waals surface area contributed by atoms with Gasteiger partial charge in [0.25, 0.3) is 0 Å². The average molecular weight is 380 g/mol. The standard InChI is InChI=1S/C19H17FN6S/c1-11-12(2)18(25-24-16(11)9-21)26-8-7-15-17(10-26)27-19(23-15)22-14-6-4-3-5-13(14)20/h3-6H,7-8,10H2,1-2H3,(H,22,23). The average Bonchev–Trinajstić information content (AvgIpc) is 3.07. The topological polar surface area (TPSA) is 77.7 Å². The van der Waals surface area contributed by atoms with Gasteiger partial charge in [-0.1, -0.05) is 23.5 Å². The molecule has 0 radical (unpaired) electrons. The maximum Gasteiger partial charge on any atom is 0.187 e. The summed E-state index contributed by atoms with van der Waals surface area (Å²) in [5.74, 6) is 0.500. The van der Waals surface area contributed by atoms with Crippen molar-refractivity contribution < 1.29 is 4.39 Å². The third-order valence-corrected chi connectivity index (χ3v) is 5.75. The lowest BCUT2D eigenvalue weighted by Crippen LogP contribution is -2.31. The Labute approximate surface area is 160 Å². The van der Waals surface area contributed by atoms with E-state index in [0.29, 0.717) is 23.1 Å². The van der Waals surface area contributed by atoms with Gasteiger partial charge < -0.3 is 10.2 Å². The Morgan fingerprint density at radius 3 is 2.81 bits per heavy atom. The Bertz CT molecular complexity index is 1050. The fourth-order valence-corrected chi connectivity index (χ4v) is 4.14. The number of fused-ring (bicyclic) bond motifs is 1. The number of nitrogens with zero attached hydrogens (tertiary/aromatic N) is 5. The first-order chi connectivity index (χ1) is 13.1. The fraction of sp³-hybridized carbons (Fsp3) is 0.263. The van der Waals surface area contributed by atoms with Gasteiger partial charge in [0.2, 0.25) is 0 Å². The number of halogens is 1. The van der Waals surface area contributed by atoms with Gasteiger partial charge >= 0.3 is 0 Å². The number of benzene rings is 1. The number of hydrogen-bond donors (Lipinski definition) is 1. The molecule has 6 nitrogen and oxygen atoms in total. The summed E-state index contributed by atoms with van der Waals surface area (Å²) in [6.07, 6.45) is 0.783. The molecule has 3 heterocycles. The van der Waals surface area contributed by atoms with Crippen LogP contribution < -0.4 is 10.2 Å². The van der Waals surface area contributed by atoms with Crippen LogP contribution in [0.15, 0.2) is 24.3 Å². The lowest BCUT2D eigenvalue weighted by Gasteiger charge is -2.28. The van der Waals surface area contributed by atoms with Crippen molar-refractivity contribution in [2.45, 2.75) is 26.8 Å². The van der Waals surface area contributed by atoms with Crippen molar-refractivity contribution in [1.29, 1.82) is 5.26 Å². The smallest absolute Gasteiger partial charge is 0.187 e. The third kappa shape index (κ3) is 3.22. The largest absolute Gasteiger partial charge is 0.349 e. The SMILES string of the molecule is Cc1c(C#N)nnc(N2CCc3nc(Nc4ccccc4F)sc3C2)c1C. The van der Waals surface area contributed by atoms with Gasteiger partial charge in [0.15, 0.2) is 16.6 Å². The maximum atomic E-state index is 13.9. The van der Waals surface area contributed by atoms with Gasteiger partial charge in [0.1, 0.15) is 11.9 Å². The molecule has 0 bridgehead atoms. The molecule has 0 saturated carbocycles. The third-order valence-electron chi connectivity index (χ3n) is 4.75. The Kier molecular flexibility index (Phi) is 4.46. The molecule has 1 aliphatic heterocycles. The highest BCUT2D eigenvalue weighted by atomic mass is 32.1. The molecule has 0 spiro atoms. The summed E-state index contributed by atoms with van der Waals surface area (Å²) in [5.41, 5.74) is 3.65. The first-order valence-electron chi connectivity index (χ1n) is 8.56. The molecule has 0 saturated heterocycles. The summed E-state index contributed by atoms with van der Waals surface area (Å²) in [5, 5.41) is 21.2. The van der Waals surface area contributed by atoms with Crippen molar-refractivity contribution in [1.82, 2.24) is 15.2 Å². The molecular formula is C19H17FN6S. The molecule has 1 aromatic carbocycles. The zero-order valence-corrected chi connectivity index (χ0v) is 15.8. The number of anilines is 3. The molecule has 8 heteroatoms. The highest BCUT2D eigenvalue weighted by Crippen LogP contribution is 2.33. The molecule has 1 N–H and O–H groups in total. The molecule has 0 unspecified atom stereocenters. The van der Waals surface area contributed by atoms with Crippen LogP contribution in [-0.2, 0) is 13.0 Å². The van der Waals surface area contributed by atoms with Crippen LogP contribution >= 0.6 is 11.3 Å². The predicted octanol–water partition coefficient (Wildman–Crippen LogP) is 3.87. The van der Waals surface area contributed by atoms with E-state index in [2.05, 4.69) is 31.5 Å². The van der Waals surface area contributed by atoms with Gasteiger partial charge in [-0.25, -0.2) is 9.37 Å². The second kappa shape index (κ2) is 6.93. The number of hydrogen-bond acceptors (Lipinski definition) is 7. The molecule has 3 aromatic rings.